The average molecular weight is 304 g/mol. The second-order valence-electron chi connectivity index (χ2n) is 4.09. The van der Waals surface area contributed by atoms with Crippen molar-refractivity contribution in [1.29, 1.82) is 0 Å². The van der Waals surface area contributed by atoms with Gasteiger partial charge in [-0.3, -0.25) is 4.79 Å². The first kappa shape index (κ1) is 12.1. The van der Waals surface area contributed by atoms with E-state index >= 15 is 0 Å². The van der Waals surface area contributed by atoms with E-state index in [0.29, 0.717) is 5.56 Å². The molecule has 5 heteroatoms. The van der Waals surface area contributed by atoms with Crippen molar-refractivity contribution in [3.63, 3.8) is 0 Å². The highest BCUT2D eigenvalue weighted by Crippen LogP contribution is 2.26. The second-order valence-corrected chi connectivity index (χ2v) is 6.38. The van der Waals surface area contributed by atoms with Crippen LogP contribution in [0.25, 0.3) is 0 Å². The Morgan fingerprint density at radius 1 is 1.62 bits per heavy atom. The van der Waals surface area contributed by atoms with Crippen LogP contribution < -0.4 is 5.32 Å². The number of nitrogens with one attached hydrogen (secondary N) is 1. The van der Waals surface area contributed by atoms with Gasteiger partial charge in [-0.2, -0.15) is 0 Å². The molecule has 1 aliphatic carbocycles. The zero-order valence-corrected chi connectivity index (χ0v) is 11.2. The lowest BCUT2D eigenvalue weighted by Crippen LogP contribution is -2.38. The molecule has 1 heterocycles. The summed E-state index contributed by atoms with van der Waals surface area (Å²) in [6.45, 7) is 0.165. The zero-order valence-electron chi connectivity index (χ0n) is 8.78. The fourth-order valence-corrected chi connectivity index (χ4v) is 3.26. The lowest BCUT2D eigenvalue weighted by atomic mass is 10.0. The molecule has 0 aromatic carbocycles. The molecule has 2 atom stereocenters. The summed E-state index contributed by atoms with van der Waals surface area (Å²) >= 11 is 4.84. The molecule has 2 N–H and O–H groups in total. The molecular weight excluding hydrogens is 290 g/mol. The molecule has 1 aromatic heterocycles. The summed E-state index contributed by atoms with van der Waals surface area (Å²) in [5.41, 5.74) is 0.695. The summed E-state index contributed by atoms with van der Waals surface area (Å²) in [5, 5.41) is 14.0. The summed E-state index contributed by atoms with van der Waals surface area (Å²) in [5.74, 6) is 0.193. The first-order valence-electron chi connectivity index (χ1n) is 5.36. The number of aliphatic hydroxyl groups is 1. The quantitative estimate of drug-likeness (QED) is 0.901. The second kappa shape index (κ2) is 5.29. The predicted octanol–water partition coefficient (Wildman–Crippen LogP) is 2.40. The van der Waals surface area contributed by atoms with Gasteiger partial charge in [0.2, 0.25) is 0 Å². The number of thiophene rings is 1. The number of hydrogen-bond acceptors (Lipinski definition) is 3. The van der Waals surface area contributed by atoms with Gasteiger partial charge in [0.15, 0.2) is 0 Å². The first-order chi connectivity index (χ1) is 7.70. The van der Waals surface area contributed by atoms with Crippen LogP contribution in [0.2, 0.25) is 0 Å². The molecule has 0 aliphatic heterocycles. The molecule has 1 aliphatic rings. The zero-order chi connectivity index (χ0) is 11.5. The normalized spacial score (nSPS) is 24.6. The molecule has 1 amide bonds. The maximum absolute atomic E-state index is 11.9. The standard InChI is InChI=1S/C11H14BrNO2S/c12-10-4-8(6-16-10)11(15)13-9-3-1-2-7(9)5-14/h4,6-7,9,14H,1-3,5H2,(H,13,15). The van der Waals surface area contributed by atoms with E-state index in [9.17, 15) is 4.79 Å². The van der Waals surface area contributed by atoms with Gasteiger partial charge in [0.1, 0.15) is 0 Å². The van der Waals surface area contributed by atoms with Gasteiger partial charge in [0.05, 0.1) is 9.35 Å². The van der Waals surface area contributed by atoms with Crippen molar-refractivity contribution in [2.75, 3.05) is 6.61 Å². The Morgan fingerprint density at radius 3 is 3.06 bits per heavy atom. The maximum Gasteiger partial charge on any atom is 0.252 e. The highest BCUT2D eigenvalue weighted by atomic mass is 79.9. The highest BCUT2D eigenvalue weighted by Gasteiger charge is 2.28. The van der Waals surface area contributed by atoms with Crippen molar-refractivity contribution in [3.8, 4) is 0 Å². The molecule has 2 unspecified atom stereocenters. The number of amides is 1. The summed E-state index contributed by atoms with van der Waals surface area (Å²) in [6, 6.07) is 1.96. The fraction of sp³-hybridized carbons (Fsp3) is 0.545. The highest BCUT2D eigenvalue weighted by molar-refractivity contribution is 9.11. The third kappa shape index (κ3) is 2.64. The smallest absolute Gasteiger partial charge is 0.252 e. The van der Waals surface area contributed by atoms with E-state index in [-0.39, 0.29) is 24.5 Å². The van der Waals surface area contributed by atoms with Crippen LogP contribution in [0.4, 0.5) is 0 Å². The summed E-state index contributed by atoms with van der Waals surface area (Å²) < 4.78 is 0.961. The molecule has 0 saturated heterocycles. The maximum atomic E-state index is 11.9. The average Bonchev–Trinajstić information content (AvgIpc) is 2.86. The summed E-state index contributed by atoms with van der Waals surface area (Å²) in [6.07, 6.45) is 3.07. The van der Waals surface area contributed by atoms with E-state index in [1.54, 1.807) is 0 Å². The minimum Gasteiger partial charge on any atom is -0.396 e. The molecule has 3 nitrogen and oxygen atoms in total. The molecule has 88 valence electrons. The fourth-order valence-electron chi connectivity index (χ4n) is 2.13. The summed E-state index contributed by atoms with van der Waals surface area (Å²) in [7, 11) is 0. The van der Waals surface area contributed by atoms with Crippen LogP contribution in [0.15, 0.2) is 15.2 Å². The monoisotopic (exact) mass is 303 g/mol. The predicted molar refractivity (Wildman–Crippen MR) is 67.7 cm³/mol. The molecular formula is C11H14BrNO2S. The minimum absolute atomic E-state index is 0.0349. The van der Waals surface area contributed by atoms with Gasteiger partial charge < -0.3 is 10.4 Å². The van der Waals surface area contributed by atoms with Crippen molar-refractivity contribution in [3.05, 3.63) is 20.8 Å². The number of hydrogen-bond donors (Lipinski definition) is 2. The lowest BCUT2D eigenvalue weighted by molar-refractivity contribution is 0.0916. The Hall–Kier alpha value is -0.390. The van der Waals surface area contributed by atoms with Crippen molar-refractivity contribution >= 4 is 33.2 Å². The van der Waals surface area contributed by atoms with Crippen molar-refractivity contribution in [1.82, 2.24) is 5.32 Å². The SMILES string of the molecule is O=C(NC1CCCC1CO)c1csc(Br)c1. The summed E-state index contributed by atoms with van der Waals surface area (Å²) in [4.78, 5) is 11.9. The van der Waals surface area contributed by atoms with Crippen LogP contribution in [0.1, 0.15) is 29.6 Å². The van der Waals surface area contributed by atoms with E-state index in [4.69, 9.17) is 5.11 Å². The van der Waals surface area contributed by atoms with Gasteiger partial charge >= 0.3 is 0 Å². The topological polar surface area (TPSA) is 49.3 Å². The molecule has 1 fully saturated rings. The van der Waals surface area contributed by atoms with Crippen molar-refractivity contribution < 1.29 is 9.90 Å². The molecule has 1 saturated carbocycles. The van der Waals surface area contributed by atoms with Crippen molar-refractivity contribution in [2.24, 2.45) is 5.92 Å². The van der Waals surface area contributed by atoms with E-state index in [1.165, 1.54) is 11.3 Å². The Balaban J connectivity index is 1.97. The molecule has 0 radical (unpaired) electrons. The lowest BCUT2D eigenvalue weighted by Gasteiger charge is -2.18. The van der Waals surface area contributed by atoms with E-state index in [2.05, 4.69) is 21.2 Å². The molecule has 0 spiro atoms. The third-order valence-electron chi connectivity index (χ3n) is 3.04. The number of aliphatic hydroxyl groups excluding tert-OH is 1. The van der Waals surface area contributed by atoms with Gasteiger partial charge in [0, 0.05) is 23.9 Å². The third-order valence-corrected chi connectivity index (χ3v) is 4.54. The largest absolute Gasteiger partial charge is 0.396 e. The minimum atomic E-state index is -0.0349. The number of halogens is 1. The van der Waals surface area contributed by atoms with E-state index < -0.39 is 0 Å². The van der Waals surface area contributed by atoms with Crippen LogP contribution >= 0.6 is 27.3 Å². The molecule has 0 bridgehead atoms. The van der Waals surface area contributed by atoms with Crippen molar-refractivity contribution in [2.45, 2.75) is 25.3 Å². The van der Waals surface area contributed by atoms with Gasteiger partial charge in [-0.1, -0.05) is 6.42 Å². The first-order valence-corrected chi connectivity index (χ1v) is 7.03. The Morgan fingerprint density at radius 2 is 2.44 bits per heavy atom. The van der Waals surface area contributed by atoms with E-state index in [1.807, 2.05) is 11.4 Å². The number of rotatable bonds is 3. The van der Waals surface area contributed by atoms with E-state index in [0.717, 1.165) is 23.0 Å². The Bertz CT molecular complexity index is 380. The molecule has 1 aromatic rings. The van der Waals surface area contributed by atoms with Crippen LogP contribution in [0, 0.1) is 5.92 Å². The van der Waals surface area contributed by atoms with Crippen LogP contribution in [-0.4, -0.2) is 23.7 Å². The number of carbonyl (C=O) groups is 1. The van der Waals surface area contributed by atoms with Gasteiger partial charge in [-0.05, 0) is 34.8 Å². The van der Waals surface area contributed by atoms with Gasteiger partial charge in [-0.15, -0.1) is 11.3 Å². The van der Waals surface area contributed by atoms with Crippen LogP contribution in [0.5, 0.6) is 0 Å². The van der Waals surface area contributed by atoms with Crippen LogP contribution in [0.3, 0.4) is 0 Å². The van der Waals surface area contributed by atoms with Gasteiger partial charge in [-0.25, -0.2) is 0 Å². The Kier molecular flexibility index (Phi) is 4.00. The van der Waals surface area contributed by atoms with Gasteiger partial charge in [0.25, 0.3) is 5.91 Å². The van der Waals surface area contributed by atoms with Crippen LogP contribution in [-0.2, 0) is 0 Å². The molecule has 2 rings (SSSR count). The number of carbonyl (C=O) groups excluding carboxylic acids is 1. The Labute approximate surface area is 107 Å². The molecule has 16 heavy (non-hydrogen) atoms.